The van der Waals surface area contributed by atoms with E-state index in [2.05, 4.69) is 15.3 Å². The van der Waals surface area contributed by atoms with Crippen LogP contribution in [0.15, 0.2) is 91.5 Å². The third-order valence-electron chi connectivity index (χ3n) is 5.20. The summed E-state index contributed by atoms with van der Waals surface area (Å²) in [6.45, 7) is 0.195. The van der Waals surface area contributed by atoms with E-state index >= 15 is 0 Å². The number of hydrogen-bond acceptors (Lipinski definition) is 6. The summed E-state index contributed by atoms with van der Waals surface area (Å²) in [4.78, 5) is 32.8. The molecule has 2 aromatic carbocycles. The van der Waals surface area contributed by atoms with Crippen LogP contribution in [0, 0.1) is 0 Å². The fourth-order valence-corrected chi connectivity index (χ4v) is 3.33. The topological polar surface area (TPSA) is 101 Å². The highest BCUT2D eigenvalue weighted by atomic mass is 16.5. The van der Waals surface area contributed by atoms with Crippen LogP contribution >= 0.6 is 0 Å². The first kappa shape index (κ1) is 22.7. The highest BCUT2D eigenvalue weighted by Crippen LogP contribution is 2.29. The molecule has 1 amide bonds. The average Bonchev–Trinajstić information content (AvgIpc) is 2.89. The van der Waals surface area contributed by atoms with Crippen molar-refractivity contribution in [2.24, 2.45) is 0 Å². The third kappa shape index (κ3) is 6.04. The molecule has 4 aromatic rings. The summed E-state index contributed by atoms with van der Waals surface area (Å²) < 4.78 is 5.26. The van der Waals surface area contributed by atoms with Gasteiger partial charge < -0.3 is 15.2 Å². The first-order chi connectivity index (χ1) is 16.6. The molecule has 170 valence electrons. The second-order valence-corrected chi connectivity index (χ2v) is 7.65. The zero-order valence-electron chi connectivity index (χ0n) is 18.3. The second-order valence-electron chi connectivity index (χ2n) is 7.65. The van der Waals surface area contributed by atoms with E-state index in [0.29, 0.717) is 17.7 Å². The number of carbonyl (C=O) groups excluding carboxylic acids is 2. The number of benzene rings is 2. The van der Waals surface area contributed by atoms with Crippen molar-refractivity contribution in [3.63, 3.8) is 0 Å². The van der Waals surface area contributed by atoms with E-state index in [1.54, 1.807) is 67.3 Å². The van der Waals surface area contributed by atoms with Gasteiger partial charge in [-0.25, -0.2) is 0 Å². The van der Waals surface area contributed by atoms with Crippen LogP contribution < -0.4 is 5.32 Å². The van der Waals surface area contributed by atoms with Gasteiger partial charge in [-0.05, 0) is 53.9 Å². The number of hydrogen-bond donors (Lipinski definition) is 2. The first-order valence-electron chi connectivity index (χ1n) is 10.8. The van der Waals surface area contributed by atoms with Crippen molar-refractivity contribution < 1.29 is 19.4 Å². The van der Waals surface area contributed by atoms with Crippen LogP contribution in [-0.2, 0) is 22.6 Å². The summed E-state index contributed by atoms with van der Waals surface area (Å²) in [6, 6.07) is 19.3. The third-order valence-corrected chi connectivity index (χ3v) is 5.20. The molecule has 0 unspecified atom stereocenters. The number of phenolic OH excluding ortho intramolecular Hbond substituents is 1. The minimum Gasteiger partial charge on any atom is -0.506 e. The van der Waals surface area contributed by atoms with Gasteiger partial charge in [0, 0.05) is 47.9 Å². The average molecular weight is 453 g/mol. The van der Waals surface area contributed by atoms with E-state index < -0.39 is 0 Å². The van der Waals surface area contributed by atoms with Gasteiger partial charge in [0.15, 0.2) is 0 Å². The molecule has 0 aliphatic heterocycles. The van der Waals surface area contributed by atoms with Crippen LogP contribution in [0.3, 0.4) is 0 Å². The monoisotopic (exact) mass is 453 g/mol. The Morgan fingerprint density at radius 1 is 0.853 bits per heavy atom. The number of ether oxygens (including phenoxy) is 1. The molecule has 0 spiro atoms. The number of aromatic nitrogens is 2. The van der Waals surface area contributed by atoms with Crippen molar-refractivity contribution >= 4 is 17.6 Å². The van der Waals surface area contributed by atoms with Gasteiger partial charge in [0.1, 0.15) is 12.4 Å². The second kappa shape index (κ2) is 10.9. The molecular weight excluding hydrogens is 430 g/mol. The summed E-state index contributed by atoms with van der Waals surface area (Å²) in [6.07, 6.45) is 7.46. The van der Waals surface area contributed by atoms with E-state index in [1.807, 2.05) is 18.2 Å². The Labute approximate surface area is 197 Å². The molecule has 4 rings (SSSR count). The maximum absolute atomic E-state index is 12.7. The van der Waals surface area contributed by atoms with Crippen molar-refractivity contribution in [1.29, 1.82) is 0 Å². The van der Waals surface area contributed by atoms with E-state index in [-0.39, 0.29) is 30.7 Å². The fourth-order valence-electron chi connectivity index (χ4n) is 3.33. The first-order valence-corrected chi connectivity index (χ1v) is 10.8. The lowest BCUT2D eigenvalue weighted by Crippen LogP contribution is -2.12. The Morgan fingerprint density at radius 2 is 1.62 bits per heavy atom. The Kier molecular flexibility index (Phi) is 7.25. The van der Waals surface area contributed by atoms with E-state index in [4.69, 9.17) is 4.74 Å². The predicted octanol–water partition coefficient (Wildman–Crippen LogP) is 4.78. The van der Waals surface area contributed by atoms with Crippen molar-refractivity contribution in [2.45, 2.75) is 19.4 Å². The Morgan fingerprint density at radius 3 is 2.32 bits per heavy atom. The molecule has 0 aliphatic carbocycles. The number of amides is 1. The van der Waals surface area contributed by atoms with E-state index in [0.717, 1.165) is 22.3 Å². The number of anilines is 1. The SMILES string of the molecule is O=C(CCc1ccc(C(=O)Nc2cc(-c3cccnc3)ccc2O)cc1)OCc1cccnc1. The number of phenols is 1. The minimum atomic E-state index is -0.346. The molecule has 2 aromatic heterocycles. The Hall–Kier alpha value is -4.52. The fraction of sp³-hybridized carbons (Fsp3) is 0.111. The maximum Gasteiger partial charge on any atom is 0.306 e. The molecule has 0 atom stereocenters. The van der Waals surface area contributed by atoms with E-state index in [1.165, 1.54) is 6.07 Å². The van der Waals surface area contributed by atoms with Crippen LogP contribution in [0.2, 0.25) is 0 Å². The molecule has 0 radical (unpaired) electrons. The Balaban J connectivity index is 1.32. The largest absolute Gasteiger partial charge is 0.506 e. The zero-order valence-corrected chi connectivity index (χ0v) is 18.3. The molecule has 7 nitrogen and oxygen atoms in total. The molecule has 34 heavy (non-hydrogen) atoms. The molecule has 0 aliphatic rings. The van der Waals surface area contributed by atoms with Crippen molar-refractivity contribution in [2.75, 3.05) is 5.32 Å². The summed E-state index contributed by atoms with van der Waals surface area (Å²) in [5.41, 5.74) is 4.20. The lowest BCUT2D eigenvalue weighted by atomic mass is 10.1. The van der Waals surface area contributed by atoms with Crippen LogP contribution in [0.4, 0.5) is 5.69 Å². The van der Waals surface area contributed by atoms with Gasteiger partial charge in [0.25, 0.3) is 5.91 Å². The van der Waals surface area contributed by atoms with Crippen LogP contribution in [0.25, 0.3) is 11.1 Å². The quantitative estimate of drug-likeness (QED) is 0.294. The summed E-state index contributed by atoms with van der Waals surface area (Å²) >= 11 is 0. The van der Waals surface area contributed by atoms with Gasteiger partial charge in [-0.1, -0.05) is 30.3 Å². The molecule has 0 saturated heterocycles. The molecule has 2 heterocycles. The standard InChI is InChI=1S/C27H23N3O4/c31-25-11-10-22(23-4-2-14-29-17-23)15-24(25)30-27(33)21-8-5-19(6-9-21)7-12-26(32)34-18-20-3-1-13-28-16-20/h1-6,8-11,13-17,31H,7,12,18H2,(H,30,33). The summed E-state index contributed by atoms with van der Waals surface area (Å²) in [5.74, 6) is -0.668. The molecule has 2 N–H and O–H groups in total. The van der Waals surface area contributed by atoms with E-state index in [9.17, 15) is 14.7 Å². The summed E-state index contributed by atoms with van der Waals surface area (Å²) in [5, 5.41) is 12.9. The van der Waals surface area contributed by atoms with Gasteiger partial charge in [-0.3, -0.25) is 19.6 Å². The number of esters is 1. The number of carbonyl (C=O) groups is 2. The molecule has 7 heteroatoms. The molecule has 0 bridgehead atoms. The number of pyridine rings is 2. The maximum atomic E-state index is 12.7. The lowest BCUT2D eigenvalue weighted by Gasteiger charge is -2.10. The van der Waals surface area contributed by atoms with Crippen LogP contribution in [-0.4, -0.2) is 27.0 Å². The smallest absolute Gasteiger partial charge is 0.306 e. The van der Waals surface area contributed by atoms with Crippen LogP contribution in [0.1, 0.15) is 27.9 Å². The summed E-state index contributed by atoms with van der Waals surface area (Å²) in [7, 11) is 0. The van der Waals surface area contributed by atoms with Crippen molar-refractivity contribution in [1.82, 2.24) is 9.97 Å². The number of aromatic hydroxyl groups is 1. The van der Waals surface area contributed by atoms with Gasteiger partial charge in [0.05, 0.1) is 5.69 Å². The lowest BCUT2D eigenvalue weighted by molar-refractivity contribution is -0.144. The van der Waals surface area contributed by atoms with Gasteiger partial charge >= 0.3 is 5.97 Å². The number of nitrogens with one attached hydrogen (secondary N) is 1. The van der Waals surface area contributed by atoms with Crippen LogP contribution in [0.5, 0.6) is 5.75 Å². The molecule has 0 saturated carbocycles. The number of rotatable bonds is 8. The molecule has 0 fully saturated rings. The normalized spacial score (nSPS) is 10.5. The number of aryl methyl sites for hydroxylation is 1. The predicted molar refractivity (Wildman–Crippen MR) is 128 cm³/mol. The zero-order chi connectivity index (χ0) is 23.8. The van der Waals surface area contributed by atoms with Gasteiger partial charge in [-0.2, -0.15) is 0 Å². The minimum absolute atomic E-state index is 0.0255. The highest BCUT2D eigenvalue weighted by Gasteiger charge is 2.11. The number of nitrogens with zero attached hydrogens (tertiary/aromatic N) is 2. The van der Waals surface area contributed by atoms with Gasteiger partial charge in [0.2, 0.25) is 0 Å². The highest BCUT2D eigenvalue weighted by molar-refractivity contribution is 6.05. The molecular formula is C27H23N3O4. The Bertz CT molecular complexity index is 1260. The van der Waals surface area contributed by atoms with Crippen molar-refractivity contribution in [3.8, 4) is 16.9 Å². The van der Waals surface area contributed by atoms with Crippen molar-refractivity contribution in [3.05, 3.63) is 108 Å². The van der Waals surface area contributed by atoms with Gasteiger partial charge in [-0.15, -0.1) is 0 Å².